The van der Waals surface area contributed by atoms with E-state index in [2.05, 4.69) is 25.3 Å². The summed E-state index contributed by atoms with van der Waals surface area (Å²) in [6.45, 7) is 0.855. The summed E-state index contributed by atoms with van der Waals surface area (Å²) in [6, 6.07) is 4.04. The Morgan fingerprint density at radius 1 is 1.53 bits per heavy atom. The number of imidazole rings is 1. The summed E-state index contributed by atoms with van der Waals surface area (Å²) < 4.78 is 8.82. The molecule has 0 N–H and O–H groups in total. The van der Waals surface area contributed by atoms with E-state index in [1.807, 2.05) is 24.5 Å². The number of pyridine rings is 1. The molecule has 2 aromatic heterocycles. The standard InChI is InChI=1S/C11H11BrN2O/c12-8-3-1-5-14-9(8)7-13-11(14)10-4-2-6-15-10/h1,3,5,7,10H,2,4,6H2. The summed E-state index contributed by atoms with van der Waals surface area (Å²) in [6.07, 6.45) is 6.30. The summed E-state index contributed by atoms with van der Waals surface area (Å²) in [4.78, 5) is 4.45. The van der Waals surface area contributed by atoms with Crippen molar-refractivity contribution in [3.8, 4) is 0 Å². The molecule has 0 radical (unpaired) electrons. The molecule has 4 heteroatoms. The number of hydrogen-bond donors (Lipinski definition) is 0. The van der Waals surface area contributed by atoms with Crippen molar-refractivity contribution in [3.63, 3.8) is 0 Å². The molecule has 1 aliphatic rings. The number of hydrogen-bond acceptors (Lipinski definition) is 2. The Morgan fingerprint density at radius 2 is 2.47 bits per heavy atom. The summed E-state index contributed by atoms with van der Waals surface area (Å²) in [5.74, 6) is 1.02. The first-order valence-electron chi connectivity index (χ1n) is 5.09. The highest BCUT2D eigenvalue weighted by atomic mass is 79.9. The van der Waals surface area contributed by atoms with Gasteiger partial charge in [0.05, 0.1) is 11.7 Å². The molecule has 3 rings (SSSR count). The largest absolute Gasteiger partial charge is 0.370 e. The summed E-state index contributed by atoms with van der Waals surface area (Å²) in [5, 5.41) is 0. The second-order valence-electron chi connectivity index (χ2n) is 3.73. The lowest BCUT2D eigenvalue weighted by Crippen LogP contribution is -2.02. The van der Waals surface area contributed by atoms with Crippen LogP contribution in [0, 0.1) is 0 Å². The second kappa shape index (κ2) is 3.61. The zero-order valence-corrected chi connectivity index (χ0v) is 9.77. The van der Waals surface area contributed by atoms with Gasteiger partial charge >= 0.3 is 0 Å². The van der Waals surface area contributed by atoms with E-state index in [1.54, 1.807) is 0 Å². The Hall–Kier alpha value is -0.870. The van der Waals surface area contributed by atoms with Crippen LogP contribution < -0.4 is 0 Å². The Labute approximate surface area is 96.2 Å². The highest BCUT2D eigenvalue weighted by molar-refractivity contribution is 9.10. The molecule has 0 bridgehead atoms. The lowest BCUT2D eigenvalue weighted by molar-refractivity contribution is 0.104. The zero-order chi connectivity index (χ0) is 10.3. The predicted molar refractivity (Wildman–Crippen MR) is 60.8 cm³/mol. The van der Waals surface area contributed by atoms with Crippen LogP contribution in [0.25, 0.3) is 5.52 Å². The minimum absolute atomic E-state index is 0.168. The minimum atomic E-state index is 0.168. The van der Waals surface area contributed by atoms with Crippen LogP contribution in [0.1, 0.15) is 24.8 Å². The van der Waals surface area contributed by atoms with E-state index in [4.69, 9.17) is 4.74 Å². The zero-order valence-electron chi connectivity index (χ0n) is 8.19. The fourth-order valence-corrected chi connectivity index (χ4v) is 2.47. The topological polar surface area (TPSA) is 26.5 Å². The molecule has 3 nitrogen and oxygen atoms in total. The van der Waals surface area contributed by atoms with Crippen LogP contribution in [0.4, 0.5) is 0 Å². The fourth-order valence-electron chi connectivity index (χ4n) is 2.03. The minimum Gasteiger partial charge on any atom is -0.370 e. The van der Waals surface area contributed by atoms with Gasteiger partial charge in [-0.2, -0.15) is 0 Å². The first kappa shape index (κ1) is 9.36. The molecule has 15 heavy (non-hydrogen) atoms. The van der Waals surface area contributed by atoms with E-state index >= 15 is 0 Å². The smallest absolute Gasteiger partial charge is 0.142 e. The van der Waals surface area contributed by atoms with Crippen LogP contribution in [0.3, 0.4) is 0 Å². The van der Waals surface area contributed by atoms with Gasteiger partial charge in [0.25, 0.3) is 0 Å². The molecule has 78 valence electrons. The predicted octanol–water partition coefficient (Wildman–Crippen LogP) is 2.95. The quantitative estimate of drug-likeness (QED) is 0.794. The Kier molecular flexibility index (Phi) is 2.25. The molecule has 0 amide bonds. The molecule has 1 saturated heterocycles. The van der Waals surface area contributed by atoms with Crippen molar-refractivity contribution >= 4 is 21.4 Å². The summed E-state index contributed by atoms with van der Waals surface area (Å²) in [7, 11) is 0. The van der Waals surface area contributed by atoms with Crippen molar-refractivity contribution in [1.29, 1.82) is 0 Å². The number of halogens is 1. The van der Waals surface area contributed by atoms with Gasteiger partial charge in [0.15, 0.2) is 0 Å². The maximum Gasteiger partial charge on any atom is 0.142 e. The number of aromatic nitrogens is 2. The maximum atomic E-state index is 5.65. The lowest BCUT2D eigenvalue weighted by atomic mass is 10.2. The average molecular weight is 267 g/mol. The van der Waals surface area contributed by atoms with E-state index < -0.39 is 0 Å². The number of rotatable bonds is 1. The average Bonchev–Trinajstić information content (AvgIpc) is 2.85. The van der Waals surface area contributed by atoms with Gasteiger partial charge in [-0.05, 0) is 40.9 Å². The van der Waals surface area contributed by atoms with Crippen LogP contribution in [0.15, 0.2) is 29.0 Å². The van der Waals surface area contributed by atoms with Gasteiger partial charge in [-0.25, -0.2) is 4.98 Å². The molecular formula is C11H11BrN2O. The second-order valence-corrected chi connectivity index (χ2v) is 4.58. The van der Waals surface area contributed by atoms with E-state index in [-0.39, 0.29) is 6.10 Å². The third kappa shape index (κ3) is 1.48. The fraction of sp³-hybridized carbons (Fsp3) is 0.364. The summed E-state index contributed by atoms with van der Waals surface area (Å²) >= 11 is 3.52. The lowest BCUT2D eigenvalue weighted by Gasteiger charge is -2.08. The van der Waals surface area contributed by atoms with Crippen molar-refractivity contribution in [2.75, 3.05) is 6.61 Å². The Morgan fingerprint density at radius 3 is 3.27 bits per heavy atom. The van der Waals surface area contributed by atoms with Crippen molar-refractivity contribution in [2.45, 2.75) is 18.9 Å². The first-order valence-corrected chi connectivity index (χ1v) is 5.88. The van der Waals surface area contributed by atoms with E-state index in [0.717, 1.165) is 35.3 Å². The van der Waals surface area contributed by atoms with Crippen molar-refractivity contribution < 1.29 is 4.74 Å². The van der Waals surface area contributed by atoms with Crippen molar-refractivity contribution in [2.24, 2.45) is 0 Å². The molecular weight excluding hydrogens is 256 g/mol. The monoisotopic (exact) mass is 266 g/mol. The van der Waals surface area contributed by atoms with Gasteiger partial charge in [0.2, 0.25) is 0 Å². The highest BCUT2D eigenvalue weighted by Gasteiger charge is 2.22. The maximum absolute atomic E-state index is 5.65. The molecule has 0 aliphatic carbocycles. The van der Waals surface area contributed by atoms with E-state index in [9.17, 15) is 0 Å². The summed E-state index contributed by atoms with van der Waals surface area (Å²) in [5.41, 5.74) is 1.10. The van der Waals surface area contributed by atoms with Gasteiger partial charge in [0, 0.05) is 17.3 Å². The van der Waals surface area contributed by atoms with Gasteiger partial charge in [0.1, 0.15) is 11.9 Å². The Bertz CT molecular complexity index is 488. The van der Waals surface area contributed by atoms with E-state index in [0.29, 0.717) is 0 Å². The molecule has 1 aliphatic heterocycles. The Balaban J connectivity index is 2.15. The molecule has 2 aromatic rings. The molecule has 1 unspecified atom stereocenters. The molecule has 0 saturated carbocycles. The van der Waals surface area contributed by atoms with E-state index in [1.165, 1.54) is 0 Å². The molecule has 1 fully saturated rings. The SMILES string of the molecule is Brc1cccn2c(C3CCCO3)ncc12. The molecule has 3 heterocycles. The molecule has 1 atom stereocenters. The third-order valence-electron chi connectivity index (χ3n) is 2.77. The van der Waals surface area contributed by atoms with Gasteiger partial charge in [-0.3, -0.25) is 0 Å². The van der Waals surface area contributed by atoms with Crippen LogP contribution in [0.5, 0.6) is 0 Å². The third-order valence-corrected chi connectivity index (χ3v) is 3.44. The number of nitrogens with zero attached hydrogens (tertiary/aromatic N) is 2. The molecule has 0 aromatic carbocycles. The van der Waals surface area contributed by atoms with Crippen LogP contribution >= 0.6 is 15.9 Å². The van der Waals surface area contributed by atoms with Gasteiger partial charge in [-0.1, -0.05) is 0 Å². The highest BCUT2D eigenvalue weighted by Crippen LogP contribution is 2.29. The van der Waals surface area contributed by atoms with Gasteiger partial charge in [-0.15, -0.1) is 0 Å². The van der Waals surface area contributed by atoms with Gasteiger partial charge < -0.3 is 9.14 Å². The first-order chi connectivity index (χ1) is 7.36. The van der Waals surface area contributed by atoms with Crippen molar-refractivity contribution in [1.82, 2.24) is 9.38 Å². The normalized spacial score (nSPS) is 21.3. The van der Waals surface area contributed by atoms with Crippen LogP contribution in [-0.2, 0) is 4.74 Å². The van der Waals surface area contributed by atoms with Crippen LogP contribution in [-0.4, -0.2) is 16.0 Å². The van der Waals surface area contributed by atoms with Crippen molar-refractivity contribution in [3.05, 3.63) is 34.8 Å². The number of fused-ring (bicyclic) bond motifs is 1. The van der Waals surface area contributed by atoms with Crippen LogP contribution in [0.2, 0.25) is 0 Å². The number of ether oxygens (including phenoxy) is 1. The molecule has 0 spiro atoms.